The summed E-state index contributed by atoms with van der Waals surface area (Å²) in [7, 11) is 0. The van der Waals surface area contributed by atoms with Gasteiger partial charge in [0.25, 0.3) is 0 Å². The van der Waals surface area contributed by atoms with Crippen LogP contribution in [0.2, 0.25) is 0 Å². The molecule has 1 saturated heterocycles. The van der Waals surface area contributed by atoms with Gasteiger partial charge in [-0.25, -0.2) is 9.07 Å². The van der Waals surface area contributed by atoms with Gasteiger partial charge in [-0.15, -0.1) is 0 Å². The first-order valence-electron chi connectivity index (χ1n) is 5.52. The van der Waals surface area contributed by atoms with Crippen LogP contribution >= 0.6 is 0 Å². The van der Waals surface area contributed by atoms with Crippen LogP contribution < -0.4 is 0 Å². The van der Waals surface area contributed by atoms with Gasteiger partial charge >= 0.3 is 0 Å². The molecule has 16 heavy (non-hydrogen) atoms. The number of halogens is 1. The number of aromatic nitrogens is 2. The van der Waals surface area contributed by atoms with Crippen molar-refractivity contribution in [2.24, 2.45) is 0 Å². The minimum atomic E-state index is -0.263. The minimum absolute atomic E-state index is 0.139. The molecule has 0 spiro atoms. The van der Waals surface area contributed by atoms with Gasteiger partial charge in [0.2, 0.25) is 0 Å². The summed E-state index contributed by atoms with van der Waals surface area (Å²) in [6.45, 7) is 0.723. The maximum atomic E-state index is 13.7. The molecule has 1 unspecified atom stereocenters. The van der Waals surface area contributed by atoms with Crippen molar-refractivity contribution in [2.45, 2.75) is 25.5 Å². The number of nitrogens with zero attached hydrogens (tertiary/aromatic N) is 2. The molecule has 0 saturated carbocycles. The zero-order valence-electron chi connectivity index (χ0n) is 8.82. The number of benzene rings is 1. The molecule has 1 aromatic carbocycles. The van der Waals surface area contributed by atoms with E-state index in [1.54, 1.807) is 10.7 Å². The predicted octanol–water partition coefficient (Wildman–Crippen LogP) is 2.67. The lowest BCUT2D eigenvalue weighted by atomic mass is 10.2. The fraction of sp³-hybridized carbons (Fsp3) is 0.417. The molecule has 2 aromatic rings. The molecule has 0 N–H and O–H groups in total. The summed E-state index contributed by atoms with van der Waals surface area (Å²) < 4.78 is 20.9. The number of rotatable bonds is 1. The molecule has 1 aromatic heterocycles. The van der Waals surface area contributed by atoms with Gasteiger partial charge in [0, 0.05) is 12.0 Å². The lowest BCUT2D eigenvalue weighted by Gasteiger charge is -2.23. The second-order valence-electron chi connectivity index (χ2n) is 4.01. The summed E-state index contributed by atoms with van der Waals surface area (Å²) in [5.74, 6) is -0.263. The Balaban J connectivity index is 2.09. The van der Waals surface area contributed by atoms with Crippen molar-refractivity contribution < 1.29 is 9.13 Å². The molecule has 0 amide bonds. The molecule has 1 aliphatic rings. The molecule has 0 bridgehead atoms. The molecule has 83 valence electrons. The van der Waals surface area contributed by atoms with E-state index in [1.165, 1.54) is 6.07 Å². The smallest absolute Gasteiger partial charge is 0.151 e. The Kier molecular flexibility index (Phi) is 2.36. The van der Waals surface area contributed by atoms with Gasteiger partial charge in [-0.1, -0.05) is 12.1 Å². The Labute approximate surface area is 92.8 Å². The third-order valence-electron chi connectivity index (χ3n) is 2.92. The zero-order chi connectivity index (χ0) is 11.0. The quantitative estimate of drug-likeness (QED) is 0.737. The average molecular weight is 219 g/mol. The third kappa shape index (κ3) is 1.50. The molecular weight excluding hydrogens is 207 g/mol. The van der Waals surface area contributed by atoms with Crippen LogP contribution in [0.5, 0.6) is 0 Å². The lowest BCUT2D eigenvalue weighted by molar-refractivity contribution is -0.0370. The summed E-state index contributed by atoms with van der Waals surface area (Å²) in [5, 5.41) is 4.81. The molecule has 0 aliphatic carbocycles. The molecule has 1 atom stereocenters. The Morgan fingerprint density at radius 1 is 1.44 bits per heavy atom. The van der Waals surface area contributed by atoms with E-state index >= 15 is 0 Å². The van der Waals surface area contributed by atoms with E-state index < -0.39 is 0 Å². The maximum Gasteiger partial charge on any atom is 0.151 e. The van der Waals surface area contributed by atoms with E-state index in [0.717, 1.165) is 25.9 Å². The van der Waals surface area contributed by atoms with Gasteiger partial charge in [0.1, 0.15) is 17.5 Å². The van der Waals surface area contributed by atoms with Crippen molar-refractivity contribution in [1.29, 1.82) is 0 Å². The average Bonchev–Trinajstić information content (AvgIpc) is 2.75. The fourth-order valence-corrected chi connectivity index (χ4v) is 2.12. The first kappa shape index (κ1) is 9.78. The van der Waals surface area contributed by atoms with Crippen molar-refractivity contribution >= 4 is 10.9 Å². The van der Waals surface area contributed by atoms with Crippen LogP contribution in [0.1, 0.15) is 25.5 Å². The normalized spacial score (nSPS) is 21.4. The van der Waals surface area contributed by atoms with Crippen LogP contribution in [0.3, 0.4) is 0 Å². The summed E-state index contributed by atoms with van der Waals surface area (Å²) in [4.78, 5) is 0. The summed E-state index contributed by atoms with van der Waals surface area (Å²) >= 11 is 0. The summed E-state index contributed by atoms with van der Waals surface area (Å²) in [5.41, 5.74) is 0.495. The predicted molar refractivity (Wildman–Crippen MR) is 57.4 cm³/mol. The maximum absolute atomic E-state index is 13.7. The molecule has 1 radical (unpaired) electrons. The van der Waals surface area contributed by atoms with Crippen LogP contribution in [0.15, 0.2) is 18.2 Å². The molecule has 1 aliphatic heterocycles. The number of hydrogen-bond donors (Lipinski definition) is 0. The van der Waals surface area contributed by atoms with Gasteiger partial charge in [-0.3, -0.25) is 0 Å². The zero-order valence-corrected chi connectivity index (χ0v) is 8.82. The van der Waals surface area contributed by atoms with Crippen molar-refractivity contribution in [1.82, 2.24) is 9.78 Å². The van der Waals surface area contributed by atoms with E-state index in [4.69, 9.17) is 4.74 Å². The van der Waals surface area contributed by atoms with E-state index in [1.807, 2.05) is 6.07 Å². The van der Waals surface area contributed by atoms with E-state index in [2.05, 4.69) is 11.3 Å². The van der Waals surface area contributed by atoms with Gasteiger partial charge in [0.05, 0.1) is 0 Å². The van der Waals surface area contributed by atoms with E-state index in [0.29, 0.717) is 10.9 Å². The van der Waals surface area contributed by atoms with Gasteiger partial charge in [-0.05, 0) is 25.3 Å². The van der Waals surface area contributed by atoms with E-state index in [9.17, 15) is 4.39 Å². The second-order valence-corrected chi connectivity index (χ2v) is 4.01. The molecule has 2 heterocycles. The van der Waals surface area contributed by atoms with Gasteiger partial charge in [0.15, 0.2) is 6.23 Å². The SMILES string of the molecule is Fc1cccc2[c]nn(C3CCCCO3)c12. The Morgan fingerprint density at radius 2 is 2.38 bits per heavy atom. The number of para-hydroxylation sites is 1. The first-order chi connectivity index (χ1) is 7.86. The number of ether oxygens (including phenoxy) is 1. The number of hydrogen-bond acceptors (Lipinski definition) is 2. The fourth-order valence-electron chi connectivity index (χ4n) is 2.12. The first-order valence-corrected chi connectivity index (χ1v) is 5.52. The van der Waals surface area contributed by atoms with Crippen LogP contribution in [0, 0.1) is 12.0 Å². The molecule has 3 nitrogen and oxygen atoms in total. The molecule has 1 fully saturated rings. The highest BCUT2D eigenvalue weighted by molar-refractivity contribution is 5.78. The molecule has 4 heteroatoms. The standard InChI is InChI=1S/C12H12FN2O/c13-10-5-3-4-9-8-14-15(12(9)10)11-6-1-2-7-16-11/h3-5,11H,1-2,6-7H2. The topological polar surface area (TPSA) is 27.1 Å². The van der Waals surface area contributed by atoms with E-state index in [-0.39, 0.29) is 12.0 Å². The highest BCUT2D eigenvalue weighted by Crippen LogP contribution is 2.26. The summed E-state index contributed by atoms with van der Waals surface area (Å²) in [6.07, 6.45) is 5.74. The van der Waals surface area contributed by atoms with Crippen molar-refractivity contribution in [3.63, 3.8) is 0 Å². The van der Waals surface area contributed by atoms with Crippen LogP contribution in [-0.4, -0.2) is 16.4 Å². The highest BCUT2D eigenvalue weighted by atomic mass is 19.1. The largest absolute Gasteiger partial charge is 0.356 e. The van der Waals surface area contributed by atoms with Gasteiger partial charge < -0.3 is 4.74 Å². The molecule has 3 rings (SSSR count). The minimum Gasteiger partial charge on any atom is -0.356 e. The molecular formula is C12H12FN2O. The van der Waals surface area contributed by atoms with Crippen LogP contribution in [0.25, 0.3) is 10.9 Å². The van der Waals surface area contributed by atoms with Crippen LogP contribution in [-0.2, 0) is 4.74 Å². The highest BCUT2D eigenvalue weighted by Gasteiger charge is 2.20. The lowest BCUT2D eigenvalue weighted by Crippen LogP contribution is -2.19. The Hall–Kier alpha value is -1.42. The van der Waals surface area contributed by atoms with Crippen molar-refractivity contribution in [3.8, 4) is 0 Å². The van der Waals surface area contributed by atoms with Crippen molar-refractivity contribution in [2.75, 3.05) is 6.61 Å². The summed E-state index contributed by atoms with van der Waals surface area (Å²) in [6, 6.07) is 4.92. The number of fused-ring (bicyclic) bond motifs is 1. The van der Waals surface area contributed by atoms with Crippen LogP contribution in [0.4, 0.5) is 4.39 Å². The Bertz CT molecular complexity index is 503. The second kappa shape index (κ2) is 3.87. The Morgan fingerprint density at radius 3 is 3.19 bits per heavy atom. The third-order valence-corrected chi connectivity index (χ3v) is 2.92. The van der Waals surface area contributed by atoms with Crippen molar-refractivity contribution in [3.05, 3.63) is 30.2 Å². The monoisotopic (exact) mass is 219 g/mol. The van der Waals surface area contributed by atoms with Gasteiger partial charge in [-0.2, -0.15) is 5.10 Å².